The second-order valence-electron chi connectivity index (χ2n) is 5.90. The summed E-state index contributed by atoms with van der Waals surface area (Å²) < 4.78 is 0. The number of aromatic nitrogens is 1. The molecule has 2 unspecified atom stereocenters. The van der Waals surface area contributed by atoms with Crippen LogP contribution in [0, 0.1) is 0 Å². The molecule has 2 aromatic rings. The molecule has 1 aliphatic carbocycles. The largest absolute Gasteiger partial charge is 0.385 e. The Kier molecular flexibility index (Phi) is 2.99. The van der Waals surface area contributed by atoms with Gasteiger partial charge in [-0.1, -0.05) is 24.3 Å². The number of benzene rings is 1. The standard InChI is InChI=1S/C18H18N2O/c21-18(15-8-7-12-4-3-10-20-17(12)15)14-9-11-19-16-6-2-1-5-13(14)16/h1-6,10,14-15,19H,7-9,11H2. The van der Waals surface area contributed by atoms with Gasteiger partial charge in [-0.25, -0.2) is 0 Å². The van der Waals surface area contributed by atoms with E-state index in [-0.39, 0.29) is 11.8 Å². The van der Waals surface area contributed by atoms with Gasteiger partial charge < -0.3 is 5.32 Å². The van der Waals surface area contributed by atoms with Gasteiger partial charge in [0, 0.05) is 24.3 Å². The first-order valence-corrected chi connectivity index (χ1v) is 7.65. The van der Waals surface area contributed by atoms with E-state index < -0.39 is 0 Å². The second-order valence-corrected chi connectivity index (χ2v) is 5.90. The summed E-state index contributed by atoms with van der Waals surface area (Å²) in [5.41, 5.74) is 4.52. The summed E-state index contributed by atoms with van der Waals surface area (Å²) in [5, 5.41) is 3.39. The smallest absolute Gasteiger partial charge is 0.149 e. The molecule has 21 heavy (non-hydrogen) atoms. The van der Waals surface area contributed by atoms with E-state index in [2.05, 4.69) is 28.5 Å². The highest BCUT2D eigenvalue weighted by Crippen LogP contribution is 2.40. The molecule has 1 N–H and O–H groups in total. The van der Waals surface area contributed by atoms with E-state index in [1.165, 1.54) is 5.56 Å². The van der Waals surface area contributed by atoms with E-state index in [0.717, 1.165) is 42.8 Å². The first-order valence-electron chi connectivity index (χ1n) is 7.65. The molecule has 2 aliphatic rings. The van der Waals surface area contributed by atoms with Gasteiger partial charge in [-0.15, -0.1) is 0 Å². The monoisotopic (exact) mass is 278 g/mol. The van der Waals surface area contributed by atoms with E-state index in [1.54, 1.807) is 6.20 Å². The van der Waals surface area contributed by atoms with Crippen molar-refractivity contribution in [2.75, 3.05) is 11.9 Å². The fraction of sp³-hybridized carbons (Fsp3) is 0.333. The third kappa shape index (κ3) is 2.04. The van der Waals surface area contributed by atoms with E-state index in [0.29, 0.717) is 5.78 Å². The quantitative estimate of drug-likeness (QED) is 0.916. The molecular formula is C18H18N2O. The SMILES string of the molecule is O=C(C1CCNc2ccccc21)C1CCc2cccnc21. The zero-order chi connectivity index (χ0) is 14.2. The maximum absolute atomic E-state index is 13.1. The Labute approximate surface area is 124 Å². The van der Waals surface area contributed by atoms with Crippen molar-refractivity contribution in [3.8, 4) is 0 Å². The Morgan fingerprint density at radius 1 is 1.10 bits per heavy atom. The molecule has 0 spiro atoms. The molecule has 1 aliphatic heterocycles. The van der Waals surface area contributed by atoms with Crippen LogP contribution in [-0.4, -0.2) is 17.3 Å². The van der Waals surface area contributed by atoms with Gasteiger partial charge in [-0.05, 0) is 42.5 Å². The molecule has 3 nitrogen and oxygen atoms in total. The number of para-hydroxylation sites is 1. The van der Waals surface area contributed by atoms with E-state index in [1.807, 2.05) is 18.2 Å². The summed E-state index contributed by atoms with van der Waals surface area (Å²) in [7, 11) is 0. The number of fused-ring (bicyclic) bond motifs is 2. The molecule has 0 bridgehead atoms. The van der Waals surface area contributed by atoms with Crippen LogP contribution in [0.5, 0.6) is 0 Å². The first-order chi connectivity index (χ1) is 10.3. The number of hydrogen-bond acceptors (Lipinski definition) is 3. The van der Waals surface area contributed by atoms with Gasteiger partial charge in [0.2, 0.25) is 0 Å². The lowest BCUT2D eigenvalue weighted by molar-refractivity contribution is -0.122. The third-order valence-electron chi connectivity index (χ3n) is 4.73. The number of nitrogens with zero attached hydrogens (tertiary/aromatic N) is 1. The average Bonchev–Trinajstić information content (AvgIpc) is 2.98. The molecule has 2 heterocycles. The average molecular weight is 278 g/mol. The number of ketones is 1. The van der Waals surface area contributed by atoms with Crippen LogP contribution in [0.3, 0.4) is 0 Å². The predicted octanol–water partition coefficient (Wildman–Crippen LogP) is 3.28. The Morgan fingerprint density at radius 3 is 2.95 bits per heavy atom. The highest BCUT2D eigenvalue weighted by atomic mass is 16.1. The maximum atomic E-state index is 13.1. The van der Waals surface area contributed by atoms with Gasteiger partial charge in [0.1, 0.15) is 5.78 Å². The molecule has 0 amide bonds. The highest BCUT2D eigenvalue weighted by molar-refractivity contribution is 5.94. The third-order valence-corrected chi connectivity index (χ3v) is 4.73. The summed E-state index contributed by atoms with van der Waals surface area (Å²) in [5.74, 6) is 0.346. The van der Waals surface area contributed by atoms with Gasteiger partial charge in [-0.3, -0.25) is 9.78 Å². The van der Waals surface area contributed by atoms with Crippen molar-refractivity contribution in [1.29, 1.82) is 0 Å². The van der Waals surface area contributed by atoms with Crippen molar-refractivity contribution in [2.45, 2.75) is 31.1 Å². The second kappa shape index (κ2) is 4.99. The number of nitrogens with one attached hydrogen (secondary N) is 1. The number of carbonyl (C=O) groups is 1. The number of pyridine rings is 1. The zero-order valence-corrected chi connectivity index (χ0v) is 11.9. The van der Waals surface area contributed by atoms with Crippen molar-refractivity contribution in [3.63, 3.8) is 0 Å². The summed E-state index contributed by atoms with van der Waals surface area (Å²) >= 11 is 0. The summed E-state index contributed by atoms with van der Waals surface area (Å²) in [6, 6.07) is 12.3. The van der Waals surface area contributed by atoms with Crippen molar-refractivity contribution < 1.29 is 4.79 Å². The van der Waals surface area contributed by atoms with Crippen LogP contribution < -0.4 is 5.32 Å². The minimum absolute atomic E-state index is 0.0143. The normalized spacial score (nSPS) is 23.0. The van der Waals surface area contributed by atoms with Crippen LogP contribution in [0.25, 0.3) is 0 Å². The number of Topliss-reactive ketones (excluding diaryl/α,β-unsaturated/α-hetero) is 1. The molecule has 0 saturated heterocycles. The van der Waals surface area contributed by atoms with E-state index in [9.17, 15) is 4.79 Å². The fourth-order valence-electron chi connectivity index (χ4n) is 3.70. The Hall–Kier alpha value is -2.16. The lowest BCUT2D eigenvalue weighted by Gasteiger charge is -2.27. The predicted molar refractivity (Wildman–Crippen MR) is 82.6 cm³/mol. The lowest BCUT2D eigenvalue weighted by atomic mass is 9.81. The van der Waals surface area contributed by atoms with Crippen LogP contribution in [0.15, 0.2) is 42.6 Å². The van der Waals surface area contributed by atoms with Crippen molar-refractivity contribution in [3.05, 3.63) is 59.4 Å². The fourth-order valence-corrected chi connectivity index (χ4v) is 3.70. The molecule has 0 fully saturated rings. The first kappa shape index (κ1) is 12.6. The molecule has 106 valence electrons. The van der Waals surface area contributed by atoms with Crippen LogP contribution in [0.2, 0.25) is 0 Å². The van der Waals surface area contributed by atoms with Gasteiger partial charge in [0.25, 0.3) is 0 Å². The highest BCUT2D eigenvalue weighted by Gasteiger charge is 2.36. The Balaban J connectivity index is 1.68. The number of carbonyl (C=O) groups excluding carboxylic acids is 1. The van der Waals surface area contributed by atoms with Gasteiger partial charge in [0.05, 0.1) is 11.6 Å². The minimum atomic E-state index is -0.0163. The molecule has 4 rings (SSSR count). The molecular weight excluding hydrogens is 260 g/mol. The van der Waals surface area contributed by atoms with Crippen molar-refractivity contribution in [2.24, 2.45) is 0 Å². The molecule has 3 heteroatoms. The lowest BCUT2D eigenvalue weighted by Crippen LogP contribution is -2.26. The van der Waals surface area contributed by atoms with Crippen LogP contribution in [0.4, 0.5) is 5.69 Å². The molecule has 2 atom stereocenters. The number of aryl methyl sites for hydroxylation is 1. The molecule has 1 aromatic carbocycles. The molecule has 0 saturated carbocycles. The Morgan fingerprint density at radius 2 is 2.00 bits per heavy atom. The van der Waals surface area contributed by atoms with Crippen LogP contribution in [-0.2, 0) is 11.2 Å². The minimum Gasteiger partial charge on any atom is -0.385 e. The van der Waals surface area contributed by atoms with E-state index >= 15 is 0 Å². The zero-order valence-electron chi connectivity index (χ0n) is 11.9. The van der Waals surface area contributed by atoms with E-state index in [4.69, 9.17) is 0 Å². The number of anilines is 1. The van der Waals surface area contributed by atoms with Crippen molar-refractivity contribution >= 4 is 11.5 Å². The topological polar surface area (TPSA) is 42.0 Å². The van der Waals surface area contributed by atoms with Crippen LogP contribution in [0.1, 0.15) is 41.5 Å². The number of rotatable bonds is 2. The summed E-state index contributed by atoms with van der Waals surface area (Å²) in [6.45, 7) is 0.870. The van der Waals surface area contributed by atoms with Crippen LogP contribution >= 0.6 is 0 Å². The molecule has 0 radical (unpaired) electrons. The number of hydrogen-bond donors (Lipinski definition) is 1. The van der Waals surface area contributed by atoms with Gasteiger partial charge in [-0.2, -0.15) is 0 Å². The van der Waals surface area contributed by atoms with Crippen molar-refractivity contribution in [1.82, 2.24) is 4.98 Å². The summed E-state index contributed by atoms with van der Waals surface area (Å²) in [4.78, 5) is 17.5. The maximum Gasteiger partial charge on any atom is 0.149 e. The van der Waals surface area contributed by atoms with Gasteiger partial charge >= 0.3 is 0 Å². The Bertz CT molecular complexity index is 695. The van der Waals surface area contributed by atoms with Gasteiger partial charge in [0.15, 0.2) is 0 Å². The molecule has 1 aromatic heterocycles. The summed E-state index contributed by atoms with van der Waals surface area (Å²) in [6.07, 6.45) is 4.58.